The summed E-state index contributed by atoms with van der Waals surface area (Å²) in [5.74, 6) is 0.962. The van der Waals surface area contributed by atoms with Crippen molar-refractivity contribution in [3.05, 3.63) is 64.6 Å². The Hall–Kier alpha value is -1.70. The van der Waals surface area contributed by atoms with Gasteiger partial charge in [-0.3, -0.25) is 0 Å². The molecule has 0 fully saturated rings. The number of tetrazole rings is 1. The summed E-state index contributed by atoms with van der Waals surface area (Å²) in [7, 11) is 0. The van der Waals surface area contributed by atoms with Gasteiger partial charge in [-0.2, -0.15) is 4.68 Å². The molecule has 0 saturated heterocycles. The van der Waals surface area contributed by atoms with Gasteiger partial charge >= 0.3 is 0 Å². The van der Waals surface area contributed by atoms with Crippen LogP contribution in [0.2, 0.25) is 0 Å². The molecule has 0 saturated carbocycles. The van der Waals surface area contributed by atoms with Gasteiger partial charge in [0.15, 0.2) is 0 Å². The minimum atomic E-state index is 0.827. The predicted octanol–water partition coefficient (Wildman–Crippen LogP) is 2.28. The highest BCUT2D eigenvalue weighted by Crippen LogP contribution is 2.16. The third kappa shape index (κ3) is 4.63. The molecule has 0 amide bonds. The smallest absolute Gasteiger partial charge is 0.214 e. The average Bonchev–Trinajstić information content (AvgIpc) is 3.05. The summed E-state index contributed by atoms with van der Waals surface area (Å²) >= 11 is 5.13. The molecule has 2 N–H and O–H groups in total. The fraction of sp³-hybridized carbons (Fsp3) is 0.188. The summed E-state index contributed by atoms with van der Waals surface area (Å²) in [5, 5.41) is 15.1. The highest BCUT2D eigenvalue weighted by atomic mass is 79.9. The van der Waals surface area contributed by atoms with Crippen LogP contribution in [0.25, 0.3) is 5.69 Å². The topological polar surface area (TPSA) is 60.2 Å². The number of benzene rings is 2. The molecular weight excluding hydrogens is 374 g/mol. The second-order valence-corrected chi connectivity index (χ2v) is 6.94. The molecule has 23 heavy (non-hydrogen) atoms. The predicted molar refractivity (Wildman–Crippen MR) is 94.5 cm³/mol. The van der Waals surface area contributed by atoms with E-state index in [2.05, 4.69) is 61.0 Å². The van der Waals surface area contributed by atoms with Gasteiger partial charge in [-0.05, 0) is 34.7 Å². The minimum absolute atomic E-state index is 0.827. The summed E-state index contributed by atoms with van der Waals surface area (Å²) < 4.78 is 2.89. The van der Waals surface area contributed by atoms with E-state index in [1.807, 2.05) is 30.3 Å². The number of halogens is 1. The normalized spacial score (nSPS) is 10.8. The third-order valence-electron chi connectivity index (χ3n) is 3.29. The van der Waals surface area contributed by atoms with Gasteiger partial charge in [0.05, 0.1) is 18.0 Å². The summed E-state index contributed by atoms with van der Waals surface area (Å²) in [6.45, 7) is 2.00. The van der Waals surface area contributed by atoms with E-state index in [1.54, 1.807) is 16.4 Å². The lowest BCUT2D eigenvalue weighted by Crippen LogP contribution is -2.83. The van der Waals surface area contributed by atoms with E-state index >= 15 is 0 Å². The van der Waals surface area contributed by atoms with Crippen molar-refractivity contribution in [1.82, 2.24) is 20.2 Å². The van der Waals surface area contributed by atoms with E-state index in [4.69, 9.17) is 0 Å². The van der Waals surface area contributed by atoms with Crippen LogP contribution in [0.15, 0.2) is 64.2 Å². The zero-order valence-electron chi connectivity index (χ0n) is 12.5. The van der Waals surface area contributed by atoms with Crippen molar-refractivity contribution in [2.45, 2.75) is 11.7 Å². The lowest BCUT2D eigenvalue weighted by atomic mass is 10.2. The summed E-state index contributed by atoms with van der Waals surface area (Å²) in [6, 6.07) is 18.4. The van der Waals surface area contributed by atoms with Gasteiger partial charge in [0.1, 0.15) is 6.54 Å². The van der Waals surface area contributed by atoms with E-state index in [0.717, 1.165) is 34.2 Å². The average molecular weight is 391 g/mol. The molecule has 5 nitrogen and oxygen atoms in total. The molecule has 2 aromatic carbocycles. The molecule has 0 bridgehead atoms. The maximum atomic E-state index is 4.10. The fourth-order valence-corrected chi connectivity index (χ4v) is 3.21. The van der Waals surface area contributed by atoms with Crippen LogP contribution in [0, 0.1) is 0 Å². The van der Waals surface area contributed by atoms with E-state index in [1.165, 1.54) is 5.56 Å². The molecule has 0 atom stereocenters. The van der Waals surface area contributed by atoms with E-state index in [-0.39, 0.29) is 0 Å². The van der Waals surface area contributed by atoms with Gasteiger partial charge < -0.3 is 5.32 Å². The van der Waals surface area contributed by atoms with Crippen molar-refractivity contribution in [3.8, 4) is 5.69 Å². The van der Waals surface area contributed by atoms with Crippen molar-refractivity contribution >= 4 is 27.7 Å². The molecule has 7 heteroatoms. The maximum absolute atomic E-state index is 4.10. The molecular formula is C16H17BrN5S+. The van der Waals surface area contributed by atoms with Gasteiger partial charge in [0.25, 0.3) is 0 Å². The number of para-hydroxylation sites is 1. The van der Waals surface area contributed by atoms with Crippen LogP contribution in [0.1, 0.15) is 5.56 Å². The van der Waals surface area contributed by atoms with E-state index in [9.17, 15) is 0 Å². The van der Waals surface area contributed by atoms with Gasteiger partial charge in [-0.25, -0.2) is 0 Å². The molecule has 118 valence electrons. The molecule has 0 aliphatic carbocycles. The van der Waals surface area contributed by atoms with Gasteiger partial charge in [0.2, 0.25) is 5.16 Å². The monoisotopic (exact) mass is 390 g/mol. The molecule has 1 heterocycles. The van der Waals surface area contributed by atoms with E-state index in [0.29, 0.717) is 0 Å². The number of aromatic nitrogens is 4. The highest BCUT2D eigenvalue weighted by molar-refractivity contribution is 9.10. The highest BCUT2D eigenvalue weighted by Gasteiger charge is 2.08. The van der Waals surface area contributed by atoms with Crippen molar-refractivity contribution in [1.29, 1.82) is 0 Å². The number of thioether (sulfide) groups is 1. The Balaban J connectivity index is 1.46. The Morgan fingerprint density at radius 3 is 2.61 bits per heavy atom. The van der Waals surface area contributed by atoms with Crippen LogP contribution in [0.3, 0.4) is 0 Å². The first kappa shape index (κ1) is 16.2. The largest absolute Gasteiger partial charge is 0.342 e. The first-order valence-electron chi connectivity index (χ1n) is 7.35. The number of hydrogen-bond donors (Lipinski definition) is 1. The zero-order chi connectivity index (χ0) is 15.9. The summed E-state index contributed by atoms with van der Waals surface area (Å²) in [5.41, 5.74) is 2.31. The van der Waals surface area contributed by atoms with Crippen molar-refractivity contribution in [3.63, 3.8) is 0 Å². The number of quaternary nitrogens is 1. The Morgan fingerprint density at radius 2 is 1.83 bits per heavy atom. The Bertz CT molecular complexity index is 730. The Morgan fingerprint density at radius 1 is 1.04 bits per heavy atom. The van der Waals surface area contributed by atoms with Crippen LogP contribution in [0.5, 0.6) is 0 Å². The van der Waals surface area contributed by atoms with Crippen LogP contribution < -0.4 is 5.32 Å². The molecule has 0 aliphatic rings. The molecule has 0 unspecified atom stereocenters. The molecule has 1 aromatic heterocycles. The molecule has 0 spiro atoms. The summed E-state index contributed by atoms with van der Waals surface area (Å²) in [4.78, 5) is 0. The molecule has 0 radical (unpaired) electrons. The second-order valence-electron chi connectivity index (χ2n) is 4.97. The number of nitrogens with two attached hydrogens (primary N) is 1. The SMILES string of the molecule is Brc1ccc(C[NH2+]CCSc2nnnn2-c2ccccc2)cc1. The van der Waals surface area contributed by atoms with Crippen LogP contribution >= 0.6 is 27.7 Å². The summed E-state index contributed by atoms with van der Waals surface area (Å²) in [6.07, 6.45) is 0. The first-order chi connectivity index (χ1) is 11.3. The maximum Gasteiger partial charge on any atom is 0.214 e. The van der Waals surface area contributed by atoms with Crippen molar-refractivity contribution < 1.29 is 5.32 Å². The Labute approximate surface area is 147 Å². The molecule has 3 aromatic rings. The van der Waals surface area contributed by atoms with Crippen molar-refractivity contribution in [2.24, 2.45) is 0 Å². The molecule has 3 rings (SSSR count). The standard InChI is InChI=1S/C16H16BrN5S/c17-14-8-6-13(7-9-14)12-18-10-11-23-16-19-20-21-22(16)15-4-2-1-3-5-15/h1-9,18H,10-12H2/p+1. The van der Waals surface area contributed by atoms with Gasteiger partial charge in [0, 0.05) is 10.0 Å². The number of rotatable bonds is 7. The van der Waals surface area contributed by atoms with E-state index < -0.39 is 0 Å². The number of hydrogen-bond acceptors (Lipinski definition) is 4. The van der Waals surface area contributed by atoms with Gasteiger partial charge in [-0.1, -0.05) is 58.0 Å². The van der Waals surface area contributed by atoms with Crippen molar-refractivity contribution in [2.75, 3.05) is 12.3 Å². The quantitative estimate of drug-likeness (QED) is 0.496. The minimum Gasteiger partial charge on any atom is -0.342 e. The number of nitrogens with zero attached hydrogens (tertiary/aromatic N) is 4. The third-order valence-corrected chi connectivity index (χ3v) is 4.77. The zero-order valence-corrected chi connectivity index (χ0v) is 14.9. The molecule has 0 aliphatic heterocycles. The lowest BCUT2D eigenvalue weighted by Gasteiger charge is -2.04. The van der Waals surface area contributed by atoms with Gasteiger partial charge in [-0.15, -0.1) is 5.10 Å². The first-order valence-corrected chi connectivity index (χ1v) is 9.13. The lowest BCUT2D eigenvalue weighted by molar-refractivity contribution is -0.666. The van der Waals surface area contributed by atoms with Crippen LogP contribution in [-0.2, 0) is 6.54 Å². The van der Waals surface area contributed by atoms with Crippen LogP contribution in [0.4, 0.5) is 0 Å². The second kappa shape index (κ2) is 8.24. The Kier molecular flexibility index (Phi) is 5.79. The fourth-order valence-electron chi connectivity index (χ4n) is 2.12. The van der Waals surface area contributed by atoms with Crippen LogP contribution in [-0.4, -0.2) is 32.5 Å².